The molecule has 5 rings (SSSR count). The fourth-order valence-corrected chi connectivity index (χ4v) is 9.04. The normalized spacial score (nSPS) is 11.2. The number of carbonyl (C=O) groups is 2. The van der Waals surface area contributed by atoms with Crippen molar-refractivity contribution in [3.05, 3.63) is 142 Å². The fourth-order valence-electron chi connectivity index (χ4n) is 5.69. The number of carboxylic acid groups (broad SMARTS) is 1. The van der Waals surface area contributed by atoms with Gasteiger partial charge in [-0.25, -0.2) is 30.8 Å². The molecule has 1 N–H and O–H groups in total. The summed E-state index contributed by atoms with van der Waals surface area (Å²) in [7, 11) is -6.57. The maximum Gasteiger partial charge on any atom is 0.337 e. The number of sulfonamides is 2. The molecule has 0 atom stereocenters. The van der Waals surface area contributed by atoms with E-state index in [1.807, 2.05) is 53.7 Å². The second-order valence-corrected chi connectivity index (χ2v) is 18.3. The third kappa shape index (κ3) is 12.8. The van der Waals surface area contributed by atoms with Crippen molar-refractivity contribution in [2.45, 2.75) is 51.3 Å². The van der Waals surface area contributed by atoms with Gasteiger partial charge in [-0.1, -0.05) is 51.4 Å². The summed E-state index contributed by atoms with van der Waals surface area (Å²) < 4.78 is 79.1. The zero-order valence-electron chi connectivity index (χ0n) is 33.7. The number of nitrogens with zero attached hydrogens (tertiary/aromatic N) is 2. The first-order chi connectivity index (χ1) is 27.2. The molecule has 311 valence electrons. The molecule has 0 heterocycles. The Morgan fingerprint density at radius 2 is 1.10 bits per heavy atom. The van der Waals surface area contributed by atoms with E-state index in [0.29, 0.717) is 27.9 Å². The molecule has 0 aromatic heterocycles. The van der Waals surface area contributed by atoms with Crippen LogP contribution in [0, 0.1) is 31.5 Å². The van der Waals surface area contributed by atoms with Crippen molar-refractivity contribution < 1.29 is 78.1 Å². The zero-order valence-corrected chi connectivity index (χ0v) is 38.9. The largest absolute Gasteiger partial charge is 0.478 e. The molecule has 0 aliphatic carbocycles. The molecule has 0 saturated heterocycles. The molecule has 0 fully saturated rings. The molecule has 0 unspecified atom stereocenters. The van der Waals surface area contributed by atoms with Gasteiger partial charge in [-0.3, -0.25) is 8.61 Å². The number of hydrogen-bond acceptors (Lipinski definition) is 8. The summed E-state index contributed by atoms with van der Waals surface area (Å²) in [6.45, 7) is 11.8. The number of benzene rings is 5. The second-order valence-electron chi connectivity index (χ2n) is 14.2. The predicted molar refractivity (Wildman–Crippen MR) is 224 cm³/mol. The average Bonchev–Trinajstić information content (AvgIpc) is 3.18. The minimum atomic E-state index is -3.93. The molecular weight excluding hydrogens is 896 g/mol. The van der Waals surface area contributed by atoms with Crippen LogP contribution < -0.4 is 13.3 Å². The number of anilines is 2. The summed E-state index contributed by atoms with van der Waals surface area (Å²) in [5.41, 5.74) is 2.70. The van der Waals surface area contributed by atoms with E-state index in [1.54, 1.807) is 36.4 Å². The van der Waals surface area contributed by atoms with Crippen LogP contribution in [-0.4, -0.2) is 54.1 Å². The Balaban J connectivity index is 0.000000322. The van der Waals surface area contributed by atoms with E-state index in [2.05, 4.69) is 4.74 Å². The van der Waals surface area contributed by atoms with Crippen LogP contribution in [0.15, 0.2) is 119 Å². The van der Waals surface area contributed by atoms with Gasteiger partial charge < -0.3 is 14.6 Å². The van der Waals surface area contributed by atoms with Crippen molar-refractivity contribution in [2.75, 3.05) is 28.8 Å². The number of hydrogen-bond donors (Lipinski definition) is 1. The molecule has 5 aromatic rings. The first-order valence-corrected chi connectivity index (χ1v) is 21.4. The molecule has 0 amide bonds. The zero-order chi connectivity index (χ0) is 42.9. The number of ether oxygens (including phenoxy) is 2. The topological polar surface area (TPSA) is 148 Å². The molecule has 1 radical (unpaired) electrons. The van der Waals surface area contributed by atoms with Crippen molar-refractivity contribution in [3.8, 4) is 11.5 Å². The monoisotopic (exact) mass is 941 g/mol. The minimum absolute atomic E-state index is 0. The molecule has 0 aliphatic rings. The summed E-state index contributed by atoms with van der Waals surface area (Å²) in [4.78, 5) is 23.2. The molecule has 0 saturated carbocycles. The van der Waals surface area contributed by atoms with Crippen molar-refractivity contribution >= 4 is 55.0 Å². The summed E-state index contributed by atoms with van der Waals surface area (Å²) >= 11 is 6.21. The molecular formula is C43H46ClFN2O9S2Y. The molecule has 16 heteroatoms. The predicted octanol–water partition coefficient (Wildman–Crippen LogP) is 9.76. The van der Waals surface area contributed by atoms with Gasteiger partial charge in [0.2, 0.25) is 0 Å². The van der Waals surface area contributed by atoms with Gasteiger partial charge in [-0.05, 0) is 134 Å². The molecule has 5 aromatic carbocycles. The molecule has 0 bridgehead atoms. The van der Waals surface area contributed by atoms with Crippen LogP contribution in [-0.2, 0) is 57.5 Å². The van der Waals surface area contributed by atoms with Crippen LogP contribution in [0.2, 0.25) is 5.02 Å². The van der Waals surface area contributed by atoms with Crippen LogP contribution in [0.5, 0.6) is 11.5 Å². The first kappa shape index (κ1) is 49.0. The molecule has 0 spiro atoms. The number of aromatic carboxylic acids is 1. The summed E-state index contributed by atoms with van der Waals surface area (Å²) in [6, 6.07) is 26.6. The number of methoxy groups -OCH3 is 1. The van der Waals surface area contributed by atoms with Gasteiger partial charge in [0.05, 0.1) is 39.4 Å². The maximum atomic E-state index is 13.5. The number of esters is 1. The Bertz CT molecular complexity index is 2440. The van der Waals surface area contributed by atoms with E-state index < -0.39 is 37.8 Å². The van der Waals surface area contributed by atoms with Crippen LogP contribution in [0.4, 0.5) is 15.8 Å². The van der Waals surface area contributed by atoms with Crippen LogP contribution >= 0.6 is 11.6 Å². The summed E-state index contributed by atoms with van der Waals surface area (Å²) in [6.07, 6.45) is 0. The quantitative estimate of drug-likeness (QED) is 0.108. The molecule has 0 aliphatic heterocycles. The molecule has 59 heavy (non-hydrogen) atoms. The Labute approximate surface area is 376 Å². The number of carboxylic acids is 1. The van der Waals surface area contributed by atoms with Gasteiger partial charge >= 0.3 is 11.9 Å². The standard InChI is InChI=1S/C25H26ClNO5S.C18H20FNO4S.Y/c1-16(2)15-27(20-7-5-6-19(14-20)25(28)29)33(30,31)23-10-8-21(9-11-23)32-22-12-17(3)24(26)18(4)13-22;1-13(2)12-20(16-6-4-5-14(11-16)18(21)24-3)25(22,23)17-9-7-15(19)8-10-17;/h5-14,16H,15H2,1-4H3,(H,28,29);4-11,13H,12H2,1-3H3;. The Morgan fingerprint density at radius 3 is 1.53 bits per heavy atom. The van der Waals surface area contributed by atoms with Gasteiger partial charge in [-0.2, -0.15) is 0 Å². The SMILES string of the molecule is COC(=O)c1cccc(N(CC(C)C)S(=O)(=O)c2ccc(F)cc2)c1.Cc1cc(Oc2ccc(S(=O)(=O)N(CC(C)C)c3cccc(C(=O)O)c3)cc2)cc(C)c1Cl.[Y]. The smallest absolute Gasteiger partial charge is 0.337 e. The third-order valence-electron chi connectivity index (χ3n) is 8.46. The van der Waals surface area contributed by atoms with Gasteiger partial charge in [0, 0.05) is 50.8 Å². The number of rotatable bonds is 14. The van der Waals surface area contributed by atoms with Crippen molar-refractivity contribution in [1.29, 1.82) is 0 Å². The first-order valence-electron chi connectivity index (χ1n) is 18.1. The van der Waals surface area contributed by atoms with E-state index in [4.69, 9.17) is 16.3 Å². The van der Waals surface area contributed by atoms with Crippen molar-refractivity contribution in [3.63, 3.8) is 0 Å². The van der Waals surface area contributed by atoms with E-state index >= 15 is 0 Å². The van der Waals surface area contributed by atoms with Gasteiger partial charge in [0.1, 0.15) is 17.3 Å². The number of carbonyl (C=O) groups excluding carboxylic acids is 1. The van der Waals surface area contributed by atoms with Gasteiger partial charge in [0.15, 0.2) is 0 Å². The van der Waals surface area contributed by atoms with Gasteiger partial charge in [0.25, 0.3) is 20.0 Å². The van der Waals surface area contributed by atoms with E-state index in [0.717, 1.165) is 23.3 Å². The minimum Gasteiger partial charge on any atom is -0.478 e. The van der Waals surface area contributed by atoms with E-state index in [9.17, 15) is 35.9 Å². The number of aryl methyl sites for hydroxylation is 2. The molecule has 11 nitrogen and oxygen atoms in total. The Morgan fingerprint density at radius 1 is 0.678 bits per heavy atom. The number of halogens is 2. The fraction of sp³-hybridized carbons (Fsp3) is 0.256. The summed E-state index contributed by atoms with van der Waals surface area (Å²) in [5, 5.41) is 9.99. The average molecular weight is 942 g/mol. The Hall–Kier alpha value is -4.34. The van der Waals surface area contributed by atoms with Gasteiger partial charge in [-0.15, -0.1) is 0 Å². The van der Waals surface area contributed by atoms with E-state index in [-0.39, 0.29) is 78.6 Å². The van der Waals surface area contributed by atoms with Crippen LogP contribution in [0.25, 0.3) is 0 Å². The van der Waals surface area contributed by atoms with Crippen LogP contribution in [0.1, 0.15) is 59.5 Å². The summed E-state index contributed by atoms with van der Waals surface area (Å²) in [5.74, 6) is -1.03. The maximum absolute atomic E-state index is 13.5. The van der Waals surface area contributed by atoms with Crippen molar-refractivity contribution in [1.82, 2.24) is 0 Å². The van der Waals surface area contributed by atoms with Crippen molar-refractivity contribution in [2.24, 2.45) is 11.8 Å². The second kappa shape index (κ2) is 21.3. The third-order valence-corrected chi connectivity index (χ3v) is 12.7. The van der Waals surface area contributed by atoms with E-state index in [1.165, 1.54) is 64.3 Å². The van der Waals surface area contributed by atoms with Crippen LogP contribution in [0.3, 0.4) is 0 Å². The Kier molecular flexibility index (Phi) is 17.7.